The third-order valence-electron chi connectivity index (χ3n) is 4.01. The number of ether oxygens (including phenoxy) is 2. The maximum Gasteiger partial charge on any atom is 0.251 e. The van der Waals surface area contributed by atoms with Gasteiger partial charge in [0.15, 0.2) is 0 Å². The first-order chi connectivity index (χ1) is 13.4. The second-order valence-corrected chi connectivity index (χ2v) is 6.39. The van der Waals surface area contributed by atoms with Gasteiger partial charge in [-0.05, 0) is 45.2 Å². The van der Waals surface area contributed by atoms with Gasteiger partial charge in [0.05, 0.1) is 13.2 Å². The summed E-state index contributed by atoms with van der Waals surface area (Å²) in [5.41, 5.74) is 7.05. The van der Waals surface area contributed by atoms with Crippen LogP contribution in [0.25, 0.3) is 0 Å². The lowest BCUT2D eigenvalue weighted by molar-refractivity contribution is -0.130. The van der Waals surface area contributed by atoms with Crippen LogP contribution in [0.5, 0.6) is 0 Å². The molecule has 0 unspecified atom stereocenters. The summed E-state index contributed by atoms with van der Waals surface area (Å²) in [6.07, 6.45) is 1.70. The number of rotatable bonds is 14. The number of amides is 3. The minimum absolute atomic E-state index is 0.135. The van der Waals surface area contributed by atoms with Crippen molar-refractivity contribution in [2.45, 2.75) is 39.2 Å². The highest BCUT2D eigenvalue weighted by Gasteiger charge is 2.17. The average Bonchev–Trinajstić information content (AvgIpc) is 2.66. The van der Waals surface area contributed by atoms with Gasteiger partial charge < -0.3 is 25.8 Å². The smallest absolute Gasteiger partial charge is 0.251 e. The maximum atomic E-state index is 12.0. The molecular weight excluding hydrogens is 362 g/mol. The number of nitrogens with one attached hydrogen (secondary N) is 2. The average molecular weight is 393 g/mol. The lowest BCUT2D eigenvalue weighted by Gasteiger charge is -2.15. The largest absolute Gasteiger partial charge is 0.379 e. The number of carbonyl (C=O) groups is 3. The normalized spacial score (nSPS) is 11.6. The molecule has 1 aromatic rings. The van der Waals surface area contributed by atoms with E-state index in [2.05, 4.69) is 10.6 Å². The molecule has 1 atom stereocenters. The highest BCUT2D eigenvalue weighted by Crippen LogP contribution is 2.04. The summed E-state index contributed by atoms with van der Waals surface area (Å²) in [4.78, 5) is 35.3. The van der Waals surface area contributed by atoms with Crippen molar-refractivity contribution in [1.82, 2.24) is 10.6 Å². The zero-order valence-electron chi connectivity index (χ0n) is 16.7. The van der Waals surface area contributed by atoms with Crippen molar-refractivity contribution in [3.63, 3.8) is 0 Å². The molecule has 0 aromatic heterocycles. The van der Waals surface area contributed by atoms with Gasteiger partial charge >= 0.3 is 0 Å². The molecule has 0 fully saturated rings. The Kier molecular flexibility index (Phi) is 11.5. The fraction of sp³-hybridized carbons (Fsp3) is 0.550. The molecule has 0 heterocycles. The molecule has 3 amide bonds. The molecule has 8 heteroatoms. The monoisotopic (exact) mass is 393 g/mol. The summed E-state index contributed by atoms with van der Waals surface area (Å²) >= 11 is 0. The van der Waals surface area contributed by atoms with Crippen molar-refractivity contribution in [2.75, 3.05) is 33.0 Å². The number of benzene rings is 1. The van der Waals surface area contributed by atoms with Crippen molar-refractivity contribution >= 4 is 17.7 Å². The van der Waals surface area contributed by atoms with E-state index in [1.54, 1.807) is 12.1 Å². The van der Waals surface area contributed by atoms with Gasteiger partial charge in [-0.2, -0.15) is 0 Å². The van der Waals surface area contributed by atoms with Gasteiger partial charge in [-0.1, -0.05) is 17.7 Å². The SMILES string of the molecule is CCOCCOCC(=O)N[C@@H](CCCCNC(=O)c1ccc(C)cc1)C(N)=O. The van der Waals surface area contributed by atoms with E-state index in [1.165, 1.54) is 0 Å². The number of primary amides is 1. The third-order valence-corrected chi connectivity index (χ3v) is 4.01. The van der Waals surface area contributed by atoms with Crippen molar-refractivity contribution in [3.05, 3.63) is 35.4 Å². The summed E-state index contributed by atoms with van der Waals surface area (Å²) in [6, 6.07) is 6.57. The molecule has 4 N–H and O–H groups in total. The summed E-state index contributed by atoms with van der Waals surface area (Å²) in [6.45, 7) is 5.47. The van der Waals surface area contributed by atoms with E-state index in [1.807, 2.05) is 26.0 Å². The van der Waals surface area contributed by atoms with Crippen molar-refractivity contribution in [1.29, 1.82) is 0 Å². The standard InChI is InChI=1S/C20H31N3O5/c1-3-27-12-13-28-14-18(24)23-17(19(21)25)6-4-5-11-22-20(26)16-9-7-15(2)8-10-16/h7-10,17H,3-6,11-14H2,1-2H3,(H2,21,25)(H,22,26)(H,23,24)/t17-/m0/s1. The summed E-state index contributed by atoms with van der Waals surface area (Å²) in [5, 5.41) is 5.40. The van der Waals surface area contributed by atoms with Crippen LogP contribution in [0.3, 0.4) is 0 Å². The Hall–Kier alpha value is -2.45. The van der Waals surface area contributed by atoms with Crippen LogP contribution in [0.15, 0.2) is 24.3 Å². The number of hydrogen-bond acceptors (Lipinski definition) is 5. The Morgan fingerprint density at radius 1 is 1.07 bits per heavy atom. The van der Waals surface area contributed by atoms with Crippen molar-refractivity contribution in [3.8, 4) is 0 Å². The van der Waals surface area contributed by atoms with Crippen LogP contribution >= 0.6 is 0 Å². The van der Waals surface area contributed by atoms with E-state index >= 15 is 0 Å². The zero-order chi connectivity index (χ0) is 20.8. The zero-order valence-corrected chi connectivity index (χ0v) is 16.7. The van der Waals surface area contributed by atoms with E-state index < -0.39 is 17.9 Å². The number of hydrogen-bond donors (Lipinski definition) is 3. The first-order valence-corrected chi connectivity index (χ1v) is 9.53. The van der Waals surface area contributed by atoms with Gasteiger partial charge in [-0.3, -0.25) is 14.4 Å². The van der Waals surface area contributed by atoms with E-state index in [0.29, 0.717) is 51.2 Å². The Morgan fingerprint density at radius 3 is 2.39 bits per heavy atom. The van der Waals surface area contributed by atoms with E-state index in [4.69, 9.17) is 15.2 Å². The molecule has 0 aliphatic heterocycles. The van der Waals surface area contributed by atoms with Crippen LogP contribution in [-0.4, -0.2) is 56.7 Å². The van der Waals surface area contributed by atoms with Crippen LogP contribution < -0.4 is 16.4 Å². The predicted molar refractivity (Wildman–Crippen MR) is 106 cm³/mol. The fourth-order valence-corrected chi connectivity index (χ4v) is 2.43. The Morgan fingerprint density at radius 2 is 1.75 bits per heavy atom. The van der Waals surface area contributed by atoms with Crippen LogP contribution in [0.4, 0.5) is 0 Å². The highest BCUT2D eigenvalue weighted by molar-refractivity contribution is 5.94. The second-order valence-electron chi connectivity index (χ2n) is 6.39. The summed E-state index contributed by atoms with van der Waals surface area (Å²) in [7, 11) is 0. The van der Waals surface area contributed by atoms with E-state index in [-0.39, 0.29) is 12.5 Å². The van der Waals surface area contributed by atoms with Crippen LogP contribution in [0, 0.1) is 6.92 Å². The number of nitrogens with two attached hydrogens (primary N) is 1. The number of carbonyl (C=O) groups excluding carboxylic acids is 3. The van der Waals surface area contributed by atoms with Crippen LogP contribution in [-0.2, 0) is 19.1 Å². The minimum Gasteiger partial charge on any atom is -0.379 e. The molecule has 156 valence electrons. The number of aryl methyl sites for hydroxylation is 1. The highest BCUT2D eigenvalue weighted by atomic mass is 16.5. The van der Waals surface area contributed by atoms with Crippen LogP contribution in [0.1, 0.15) is 42.1 Å². The fourth-order valence-electron chi connectivity index (χ4n) is 2.43. The second kappa shape index (κ2) is 13.7. The van der Waals surface area contributed by atoms with E-state index in [9.17, 15) is 14.4 Å². The van der Waals surface area contributed by atoms with Gasteiger partial charge in [-0.25, -0.2) is 0 Å². The quantitative estimate of drug-likeness (QED) is 0.406. The number of unbranched alkanes of at least 4 members (excludes halogenated alkanes) is 1. The molecule has 1 aromatic carbocycles. The minimum atomic E-state index is -0.754. The maximum absolute atomic E-state index is 12.0. The van der Waals surface area contributed by atoms with Gasteiger partial charge in [0, 0.05) is 18.7 Å². The van der Waals surface area contributed by atoms with Gasteiger partial charge in [-0.15, -0.1) is 0 Å². The molecule has 0 spiro atoms. The van der Waals surface area contributed by atoms with Crippen molar-refractivity contribution in [2.24, 2.45) is 5.73 Å². The molecule has 0 saturated carbocycles. The van der Waals surface area contributed by atoms with E-state index in [0.717, 1.165) is 5.56 Å². The van der Waals surface area contributed by atoms with Crippen molar-refractivity contribution < 1.29 is 23.9 Å². The molecule has 8 nitrogen and oxygen atoms in total. The molecule has 1 rings (SSSR count). The molecule has 0 radical (unpaired) electrons. The first kappa shape index (κ1) is 23.6. The molecule has 0 aliphatic carbocycles. The first-order valence-electron chi connectivity index (χ1n) is 9.53. The Bertz CT molecular complexity index is 619. The topological polar surface area (TPSA) is 120 Å². The summed E-state index contributed by atoms with van der Waals surface area (Å²) in [5.74, 6) is -1.12. The molecule has 0 saturated heterocycles. The predicted octanol–water partition coefficient (Wildman–Crippen LogP) is 0.918. The Balaban J connectivity index is 2.22. The molecule has 0 aliphatic rings. The lowest BCUT2D eigenvalue weighted by atomic mass is 10.1. The van der Waals surface area contributed by atoms with Crippen LogP contribution in [0.2, 0.25) is 0 Å². The van der Waals surface area contributed by atoms with Gasteiger partial charge in [0.1, 0.15) is 12.6 Å². The van der Waals surface area contributed by atoms with Gasteiger partial charge in [0.2, 0.25) is 11.8 Å². The third kappa shape index (κ3) is 10.0. The molecule has 0 bridgehead atoms. The Labute approximate surface area is 166 Å². The molecular formula is C20H31N3O5. The lowest BCUT2D eigenvalue weighted by Crippen LogP contribution is -2.45. The molecule has 28 heavy (non-hydrogen) atoms. The summed E-state index contributed by atoms with van der Waals surface area (Å²) < 4.78 is 10.3. The van der Waals surface area contributed by atoms with Gasteiger partial charge in [0.25, 0.3) is 5.91 Å².